The Kier molecular flexibility index (Phi) is 5.75. The van der Waals surface area contributed by atoms with Gasteiger partial charge in [-0.25, -0.2) is 9.68 Å². The molecular formula is C11H22O5. The maximum Gasteiger partial charge on any atom is 0.543 e. The van der Waals surface area contributed by atoms with E-state index < -0.39 is 17.4 Å². The molecule has 0 aromatic rings. The van der Waals surface area contributed by atoms with Gasteiger partial charge in [0.25, 0.3) is 0 Å². The summed E-state index contributed by atoms with van der Waals surface area (Å²) in [6, 6.07) is 0. The zero-order valence-corrected chi connectivity index (χ0v) is 11.0. The Bertz CT molecular complexity index is 217. The number of rotatable bonds is 5. The van der Waals surface area contributed by atoms with Gasteiger partial charge in [0.2, 0.25) is 0 Å². The molecule has 0 spiro atoms. The summed E-state index contributed by atoms with van der Waals surface area (Å²) < 4.78 is 4.85. The van der Waals surface area contributed by atoms with Gasteiger partial charge in [-0.15, -0.1) is 0 Å². The van der Waals surface area contributed by atoms with Crippen LogP contribution in [0, 0.1) is 0 Å². The van der Waals surface area contributed by atoms with Crippen molar-refractivity contribution in [3.8, 4) is 0 Å². The van der Waals surface area contributed by atoms with E-state index in [1.54, 1.807) is 20.8 Å². The fourth-order valence-corrected chi connectivity index (χ4v) is 1.05. The molecule has 0 heterocycles. The Labute approximate surface area is 96.9 Å². The van der Waals surface area contributed by atoms with Crippen LogP contribution in [0.3, 0.4) is 0 Å². The number of carbonyl (C=O) groups is 1. The van der Waals surface area contributed by atoms with Gasteiger partial charge in [0.15, 0.2) is 0 Å². The maximum atomic E-state index is 11.1. The maximum absolute atomic E-state index is 11.1. The summed E-state index contributed by atoms with van der Waals surface area (Å²) in [5.41, 5.74) is -1.10. The Morgan fingerprint density at radius 3 is 2.12 bits per heavy atom. The molecule has 0 atom stereocenters. The molecule has 0 unspecified atom stereocenters. The van der Waals surface area contributed by atoms with Gasteiger partial charge < -0.3 is 4.74 Å². The van der Waals surface area contributed by atoms with Crippen LogP contribution in [-0.4, -0.2) is 17.4 Å². The van der Waals surface area contributed by atoms with Crippen LogP contribution in [0.2, 0.25) is 0 Å². The van der Waals surface area contributed by atoms with E-state index in [9.17, 15) is 4.79 Å². The van der Waals surface area contributed by atoms with Gasteiger partial charge in [-0.2, -0.15) is 4.89 Å². The molecule has 96 valence electrons. The molecule has 0 aromatic heterocycles. The number of ether oxygens (including phenoxy) is 1. The van der Waals surface area contributed by atoms with Crippen molar-refractivity contribution in [2.75, 3.05) is 0 Å². The lowest BCUT2D eigenvalue weighted by Crippen LogP contribution is -2.28. The third kappa shape index (κ3) is 8.49. The quantitative estimate of drug-likeness (QED) is 0.414. The van der Waals surface area contributed by atoms with E-state index in [2.05, 4.69) is 9.93 Å². The highest BCUT2D eigenvalue weighted by molar-refractivity contribution is 5.59. The smallest absolute Gasteiger partial charge is 0.427 e. The second-order valence-electron chi connectivity index (χ2n) is 5.21. The highest BCUT2D eigenvalue weighted by atomic mass is 17.5. The average Bonchev–Trinajstić information content (AvgIpc) is 1.99. The van der Waals surface area contributed by atoms with Crippen LogP contribution in [0.5, 0.6) is 0 Å². The second kappa shape index (κ2) is 6.06. The van der Waals surface area contributed by atoms with Crippen LogP contribution < -0.4 is 0 Å². The molecule has 16 heavy (non-hydrogen) atoms. The van der Waals surface area contributed by atoms with E-state index >= 15 is 0 Å². The molecule has 0 N–H and O–H groups in total. The third-order valence-corrected chi connectivity index (χ3v) is 1.60. The molecule has 0 aliphatic heterocycles. The van der Waals surface area contributed by atoms with Crippen LogP contribution in [0.25, 0.3) is 0 Å². The summed E-state index contributed by atoms with van der Waals surface area (Å²) in [4.78, 5) is 20.3. The first-order chi connectivity index (χ1) is 7.16. The minimum Gasteiger partial charge on any atom is -0.427 e. The normalized spacial score (nSPS) is 12.4. The van der Waals surface area contributed by atoms with Crippen molar-refractivity contribution in [2.45, 2.75) is 65.6 Å². The summed E-state index contributed by atoms with van der Waals surface area (Å²) in [6.07, 6.45) is 0.827. The van der Waals surface area contributed by atoms with Crippen molar-refractivity contribution in [2.24, 2.45) is 0 Å². The molecule has 0 saturated heterocycles. The van der Waals surface area contributed by atoms with Crippen molar-refractivity contribution in [1.82, 2.24) is 0 Å². The first kappa shape index (κ1) is 15.2. The van der Waals surface area contributed by atoms with Gasteiger partial charge in [-0.1, -0.05) is 13.3 Å². The summed E-state index contributed by atoms with van der Waals surface area (Å²) in [5, 5.41) is 4.38. The van der Waals surface area contributed by atoms with Crippen molar-refractivity contribution in [3.63, 3.8) is 0 Å². The van der Waals surface area contributed by atoms with Crippen molar-refractivity contribution in [3.05, 3.63) is 0 Å². The second-order valence-corrected chi connectivity index (χ2v) is 5.21. The Balaban J connectivity index is 3.78. The Morgan fingerprint density at radius 2 is 1.69 bits per heavy atom. The topological polar surface area (TPSA) is 54.0 Å². The summed E-state index contributed by atoms with van der Waals surface area (Å²) in [6.45, 7) is 10.9. The van der Waals surface area contributed by atoms with Crippen molar-refractivity contribution < 1.29 is 24.3 Å². The van der Waals surface area contributed by atoms with E-state index in [4.69, 9.17) is 9.62 Å². The highest BCUT2D eigenvalue weighted by Crippen LogP contribution is 2.17. The standard InChI is InChI=1S/C11H22O5/c1-7-8-11(5,6)15-16-14-9(12)13-10(2,3)4/h7-8H2,1-6H3. The van der Waals surface area contributed by atoms with Crippen LogP contribution in [0.1, 0.15) is 54.4 Å². The molecule has 0 aromatic carbocycles. The fraction of sp³-hybridized carbons (Fsp3) is 0.909. The number of hydrogen-bond donors (Lipinski definition) is 0. The van der Waals surface area contributed by atoms with Gasteiger partial charge in [0.05, 0.1) is 0 Å². The zero-order chi connectivity index (χ0) is 12.8. The Morgan fingerprint density at radius 1 is 1.12 bits per heavy atom. The van der Waals surface area contributed by atoms with Crippen LogP contribution in [0.15, 0.2) is 0 Å². The molecule has 5 nitrogen and oxygen atoms in total. The molecular weight excluding hydrogens is 212 g/mol. The fourth-order valence-electron chi connectivity index (χ4n) is 1.05. The van der Waals surface area contributed by atoms with Crippen molar-refractivity contribution in [1.29, 1.82) is 0 Å². The lowest BCUT2D eigenvalue weighted by molar-refractivity contribution is -0.518. The lowest BCUT2D eigenvalue weighted by Gasteiger charge is -2.22. The van der Waals surface area contributed by atoms with Gasteiger partial charge >= 0.3 is 6.16 Å². The third-order valence-electron chi connectivity index (χ3n) is 1.60. The van der Waals surface area contributed by atoms with Crippen LogP contribution in [0.4, 0.5) is 4.79 Å². The zero-order valence-electron chi connectivity index (χ0n) is 11.0. The SMILES string of the molecule is CCCC(C)(C)OOOC(=O)OC(C)(C)C. The van der Waals surface area contributed by atoms with E-state index in [0.717, 1.165) is 12.8 Å². The van der Waals surface area contributed by atoms with Gasteiger partial charge in [0.1, 0.15) is 11.2 Å². The molecule has 0 amide bonds. The molecule has 0 aliphatic rings. The molecule has 0 aliphatic carbocycles. The summed E-state index contributed by atoms with van der Waals surface area (Å²) in [7, 11) is 0. The van der Waals surface area contributed by atoms with Crippen molar-refractivity contribution >= 4 is 6.16 Å². The molecule has 0 rings (SSSR count). The Hall–Kier alpha value is -0.810. The predicted octanol–water partition coefficient (Wildman–Crippen LogP) is 3.38. The van der Waals surface area contributed by atoms with E-state index in [1.165, 1.54) is 0 Å². The molecule has 0 radical (unpaired) electrons. The monoisotopic (exact) mass is 234 g/mol. The minimum absolute atomic E-state index is 0.489. The van der Waals surface area contributed by atoms with Gasteiger partial charge in [-0.05, 0) is 46.1 Å². The largest absolute Gasteiger partial charge is 0.543 e. The van der Waals surface area contributed by atoms with E-state index in [-0.39, 0.29) is 0 Å². The summed E-state index contributed by atoms with van der Waals surface area (Å²) >= 11 is 0. The lowest BCUT2D eigenvalue weighted by atomic mass is 10.0. The highest BCUT2D eigenvalue weighted by Gasteiger charge is 2.22. The van der Waals surface area contributed by atoms with Gasteiger partial charge in [-0.3, -0.25) is 0 Å². The molecule has 0 bridgehead atoms. The molecule has 5 heteroatoms. The van der Waals surface area contributed by atoms with E-state index in [1.807, 2.05) is 20.8 Å². The molecule has 0 saturated carbocycles. The first-order valence-corrected chi connectivity index (χ1v) is 5.41. The van der Waals surface area contributed by atoms with Gasteiger partial charge in [0, 0.05) is 0 Å². The van der Waals surface area contributed by atoms with Crippen LogP contribution >= 0.6 is 0 Å². The molecule has 0 fully saturated rings. The first-order valence-electron chi connectivity index (χ1n) is 5.41. The van der Waals surface area contributed by atoms with Crippen LogP contribution in [-0.2, 0) is 19.6 Å². The minimum atomic E-state index is -0.917. The number of hydrogen-bond acceptors (Lipinski definition) is 5. The average molecular weight is 234 g/mol. The summed E-state index contributed by atoms with van der Waals surface area (Å²) in [5.74, 6) is 0. The van der Waals surface area contributed by atoms with E-state index in [0.29, 0.717) is 0 Å². The predicted molar refractivity (Wildman–Crippen MR) is 58.5 cm³/mol. The number of carbonyl (C=O) groups excluding carboxylic acids is 1.